The van der Waals surface area contributed by atoms with Crippen LogP contribution < -0.4 is 14.8 Å². The maximum Gasteiger partial charge on any atom is 0.232 e. The number of aromatic nitrogens is 1. The highest BCUT2D eigenvalue weighted by atomic mass is 16.5. The van der Waals surface area contributed by atoms with E-state index in [4.69, 9.17) is 9.47 Å². The van der Waals surface area contributed by atoms with Crippen molar-refractivity contribution in [3.63, 3.8) is 0 Å². The number of rotatable bonds is 5. The molecule has 1 aliphatic heterocycles. The minimum absolute atomic E-state index is 0.0179. The molecule has 0 unspecified atom stereocenters. The summed E-state index contributed by atoms with van der Waals surface area (Å²) in [6.45, 7) is 0.546. The lowest BCUT2D eigenvalue weighted by Crippen LogP contribution is -2.33. The Kier molecular flexibility index (Phi) is 4.64. The normalized spacial score (nSPS) is 12.7. The van der Waals surface area contributed by atoms with Gasteiger partial charge >= 0.3 is 0 Å². The molecule has 2 N–H and O–H groups in total. The van der Waals surface area contributed by atoms with Crippen molar-refractivity contribution in [1.29, 1.82) is 0 Å². The Balaban J connectivity index is 1.35. The lowest BCUT2D eigenvalue weighted by molar-refractivity contribution is -0.121. The van der Waals surface area contributed by atoms with Crippen LogP contribution in [0.2, 0.25) is 0 Å². The number of para-hydroxylation sites is 2. The van der Waals surface area contributed by atoms with E-state index in [0.717, 1.165) is 51.3 Å². The smallest absolute Gasteiger partial charge is 0.232 e. The number of carbonyl (C=O) groups is 1. The number of nitrogens with one attached hydrogen (secondary N) is 2. The van der Waals surface area contributed by atoms with Gasteiger partial charge in [-0.05, 0) is 42.3 Å². The Bertz CT molecular complexity index is 1180. The summed E-state index contributed by atoms with van der Waals surface area (Å²) in [5.74, 6) is 1.90. The van der Waals surface area contributed by atoms with Crippen LogP contribution in [-0.2, 0) is 11.2 Å². The van der Waals surface area contributed by atoms with E-state index in [0.29, 0.717) is 6.54 Å². The number of benzene rings is 3. The molecule has 150 valence electrons. The predicted octanol–water partition coefficient (Wildman–Crippen LogP) is 4.77. The van der Waals surface area contributed by atoms with Gasteiger partial charge in [0, 0.05) is 34.8 Å². The summed E-state index contributed by atoms with van der Waals surface area (Å²) >= 11 is 0. The van der Waals surface area contributed by atoms with Crippen molar-refractivity contribution < 1.29 is 14.3 Å². The molecule has 0 fully saturated rings. The molecular formula is C25H22N2O3. The molecule has 3 aromatic carbocycles. The van der Waals surface area contributed by atoms with Gasteiger partial charge in [0.15, 0.2) is 0 Å². The molecule has 0 atom stereocenters. The number of hydrogen-bond donors (Lipinski definition) is 2. The molecule has 5 heteroatoms. The SMILES string of the molecule is COc1ccc2[nH]cc(CCNC(=O)C3c4ccccc4Oc4ccccc43)c2c1. The van der Waals surface area contributed by atoms with Crippen LogP contribution in [0.1, 0.15) is 22.6 Å². The molecule has 0 saturated heterocycles. The third-order valence-corrected chi connectivity index (χ3v) is 5.61. The summed E-state index contributed by atoms with van der Waals surface area (Å²) in [7, 11) is 1.66. The Morgan fingerprint density at radius 2 is 1.73 bits per heavy atom. The van der Waals surface area contributed by atoms with Crippen molar-refractivity contribution in [3.05, 3.63) is 89.6 Å². The van der Waals surface area contributed by atoms with Crippen molar-refractivity contribution >= 4 is 16.8 Å². The summed E-state index contributed by atoms with van der Waals surface area (Å²) < 4.78 is 11.3. The summed E-state index contributed by atoms with van der Waals surface area (Å²) in [4.78, 5) is 16.5. The van der Waals surface area contributed by atoms with Gasteiger partial charge in [-0.1, -0.05) is 36.4 Å². The molecule has 4 aromatic rings. The number of carbonyl (C=O) groups excluding carboxylic acids is 1. The summed E-state index contributed by atoms with van der Waals surface area (Å²) in [5, 5.41) is 4.24. The zero-order valence-corrected chi connectivity index (χ0v) is 16.6. The van der Waals surface area contributed by atoms with Crippen molar-refractivity contribution in [1.82, 2.24) is 10.3 Å². The molecule has 30 heavy (non-hydrogen) atoms. The lowest BCUT2D eigenvalue weighted by Gasteiger charge is -2.27. The molecule has 5 rings (SSSR count). The third-order valence-electron chi connectivity index (χ3n) is 5.61. The molecule has 0 spiro atoms. The van der Waals surface area contributed by atoms with Crippen molar-refractivity contribution in [3.8, 4) is 17.2 Å². The van der Waals surface area contributed by atoms with Crippen LogP contribution in [0.4, 0.5) is 0 Å². The van der Waals surface area contributed by atoms with Gasteiger partial charge in [0.25, 0.3) is 0 Å². The zero-order chi connectivity index (χ0) is 20.5. The molecule has 1 aromatic heterocycles. The van der Waals surface area contributed by atoms with Gasteiger partial charge in [-0.3, -0.25) is 4.79 Å². The predicted molar refractivity (Wildman–Crippen MR) is 116 cm³/mol. The maximum atomic E-state index is 13.2. The van der Waals surface area contributed by atoms with Gasteiger partial charge in [-0.25, -0.2) is 0 Å². The molecule has 1 amide bonds. The van der Waals surface area contributed by atoms with Crippen LogP contribution in [0.3, 0.4) is 0 Å². The topological polar surface area (TPSA) is 63.3 Å². The van der Waals surface area contributed by atoms with E-state index in [1.165, 1.54) is 0 Å². The second kappa shape index (κ2) is 7.59. The summed E-state index contributed by atoms with van der Waals surface area (Å²) in [5.41, 5.74) is 4.00. The fourth-order valence-corrected chi connectivity index (χ4v) is 4.11. The molecule has 0 bridgehead atoms. The van der Waals surface area contributed by atoms with E-state index in [1.807, 2.05) is 72.9 Å². The van der Waals surface area contributed by atoms with Crippen LogP contribution in [0.25, 0.3) is 10.9 Å². The van der Waals surface area contributed by atoms with E-state index in [9.17, 15) is 4.79 Å². The molecule has 5 nitrogen and oxygen atoms in total. The first kappa shape index (κ1) is 18.3. The van der Waals surface area contributed by atoms with E-state index < -0.39 is 0 Å². The average molecular weight is 398 g/mol. The molecule has 0 aliphatic carbocycles. The van der Waals surface area contributed by atoms with Gasteiger partial charge in [-0.2, -0.15) is 0 Å². The second-order valence-electron chi connectivity index (χ2n) is 7.38. The third kappa shape index (κ3) is 3.18. The first-order valence-electron chi connectivity index (χ1n) is 10.0. The molecule has 0 radical (unpaired) electrons. The van der Waals surface area contributed by atoms with Gasteiger partial charge in [-0.15, -0.1) is 0 Å². The average Bonchev–Trinajstić information content (AvgIpc) is 3.19. The van der Waals surface area contributed by atoms with E-state index in [1.54, 1.807) is 7.11 Å². The number of H-pyrrole nitrogens is 1. The van der Waals surface area contributed by atoms with Gasteiger partial charge < -0.3 is 19.8 Å². The molecular weight excluding hydrogens is 376 g/mol. The first-order chi connectivity index (χ1) is 14.7. The van der Waals surface area contributed by atoms with Crippen molar-refractivity contribution in [2.45, 2.75) is 12.3 Å². The Morgan fingerprint density at radius 1 is 1.03 bits per heavy atom. The zero-order valence-electron chi connectivity index (χ0n) is 16.6. The maximum absolute atomic E-state index is 13.2. The van der Waals surface area contributed by atoms with E-state index in [2.05, 4.69) is 10.3 Å². The highest BCUT2D eigenvalue weighted by Crippen LogP contribution is 2.43. The van der Waals surface area contributed by atoms with Crippen molar-refractivity contribution in [2.24, 2.45) is 0 Å². The first-order valence-corrected chi connectivity index (χ1v) is 10.0. The number of methoxy groups -OCH3 is 1. The monoisotopic (exact) mass is 398 g/mol. The number of fused-ring (bicyclic) bond motifs is 3. The van der Waals surface area contributed by atoms with Gasteiger partial charge in [0.05, 0.1) is 13.0 Å². The lowest BCUT2D eigenvalue weighted by atomic mass is 9.87. The van der Waals surface area contributed by atoms with Gasteiger partial charge in [0.2, 0.25) is 5.91 Å². The second-order valence-corrected chi connectivity index (χ2v) is 7.38. The number of hydrogen-bond acceptors (Lipinski definition) is 3. The minimum Gasteiger partial charge on any atom is -0.497 e. The summed E-state index contributed by atoms with van der Waals surface area (Å²) in [6.07, 6.45) is 2.72. The molecule has 1 aliphatic rings. The fourth-order valence-electron chi connectivity index (χ4n) is 4.11. The van der Waals surface area contributed by atoms with Crippen LogP contribution in [-0.4, -0.2) is 24.5 Å². The number of aromatic amines is 1. The van der Waals surface area contributed by atoms with E-state index >= 15 is 0 Å². The van der Waals surface area contributed by atoms with Crippen LogP contribution >= 0.6 is 0 Å². The van der Waals surface area contributed by atoms with Crippen molar-refractivity contribution in [2.75, 3.05) is 13.7 Å². The minimum atomic E-state index is -0.380. The standard InChI is InChI=1S/C25H22N2O3/c1-29-17-10-11-21-20(14-17)16(15-27-21)12-13-26-25(28)24-18-6-2-4-8-22(18)30-23-9-5-3-7-19(23)24/h2-11,14-15,24,27H,12-13H2,1H3,(H,26,28). The van der Waals surface area contributed by atoms with Crippen LogP contribution in [0.5, 0.6) is 17.2 Å². The van der Waals surface area contributed by atoms with E-state index in [-0.39, 0.29) is 11.8 Å². The van der Waals surface area contributed by atoms with Crippen LogP contribution in [0.15, 0.2) is 72.9 Å². The number of amides is 1. The summed E-state index contributed by atoms with van der Waals surface area (Å²) in [6, 6.07) is 21.4. The number of ether oxygens (including phenoxy) is 2. The molecule has 2 heterocycles. The quantitative estimate of drug-likeness (QED) is 0.509. The fraction of sp³-hybridized carbons (Fsp3) is 0.160. The van der Waals surface area contributed by atoms with Crippen LogP contribution in [0, 0.1) is 0 Å². The Morgan fingerprint density at radius 3 is 2.43 bits per heavy atom. The largest absolute Gasteiger partial charge is 0.497 e. The Labute approximate surface area is 174 Å². The Hall–Kier alpha value is -3.73. The highest BCUT2D eigenvalue weighted by Gasteiger charge is 2.32. The highest BCUT2D eigenvalue weighted by molar-refractivity contribution is 5.90. The van der Waals surface area contributed by atoms with Gasteiger partial charge in [0.1, 0.15) is 17.2 Å². The molecule has 0 saturated carbocycles.